The Kier molecular flexibility index (Phi) is 6.14. The summed E-state index contributed by atoms with van der Waals surface area (Å²) >= 11 is 0. The number of nitrogens with zero attached hydrogens (tertiary/aromatic N) is 5. The molecule has 0 atom stereocenters. The fraction of sp³-hybridized carbons (Fsp3) is 0.167. The molecular formula is C24H17F2N5O2. The molecule has 164 valence electrons. The van der Waals surface area contributed by atoms with Crippen molar-refractivity contribution in [3.63, 3.8) is 0 Å². The van der Waals surface area contributed by atoms with Crippen LogP contribution in [-0.4, -0.2) is 21.1 Å². The summed E-state index contributed by atoms with van der Waals surface area (Å²) in [5, 5.41) is 18.4. The van der Waals surface area contributed by atoms with E-state index in [1.807, 2.05) is 6.07 Å². The Morgan fingerprint density at radius 3 is 2.64 bits per heavy atom. The third-order valence-electron chi connectivity index (χ3n) is 5.00. The van der Waals surface area contributed by atoms with Crippen LogP contribution in [0.15, 0.2) is 54.7 Å². The fourth-order valence-electron chi connectivity index (χ4n) is 3.44. The Bertz CT molecular complexity index is 1400. The van der Waals surface area contributed by atoms with Crippen LogP contribution in [0, 0.1) is 29.6 Å². The smallest absolute Gasteiger partial charge is 0.387 e. The lowest BCUT2D eigenvalue weighted by atomic mass is 10.2. The van der Waals surface area contributed by atoms with Gasteiger partial charge in [-0.2, -0.15) is 19.3 Å². The summed E-state index contributed by atoms with van der Waals surface area (Å²) in [6.07, 6.45) is 1.46. The number of aromatic nitrogens is 3. The Balaban J connectivity index is 1.71. The molecule has 0 saturated heterocycles. The maximum absolute atomic E-state index is 12.9. The van der Waals surface area contributed by atoms with E-state index in [4.69, 9.17) is 10.00 Å². The first kappa shape index (κ1) is 21.7. The van der Waals surface area contributed by atoms with Gasteiger partial charge in [-0.3, -0.25) is 0 Å². The summed E-state index contributed by atoms with van der Waals surface area (Å²) in [5.74, 6) is 1.04. The number of halogens is 2. The Labute approximate surface area is 188 Å². The Morgan fingerprint density at radius 2 is 1.91 bits per heavy atom. The van der Waals surface area contributed by atoms with Gasteiger partial charge < -0.3 is 14.0 Å². The number of hydrogen-bond acceptors (Lipinski definition) is 6. The molecule has 0 bridgehead atoms. The summed E-state index contributed by atoms with van der Waals surface area (Å²) in [6, 6.07) is 17.4. The van der Waals surface area contributed by atoms with E-state index in [0.717, 1.165) is 0 Å². The molecule has 0 unspecified atom stereocenters. The summed E-state index contributed by atoms with van der Waals surface area (Å²) < 4.78 is 38.1. The maximum atomic E-state index is 12.9. The zero-order chi connectivity index (χ0) is 23.4. The molecule has 7 nitrogen and oxygen atoms in total. The lowest BCUT2D eigenvalue weighted by Crippen LogP contribution is -2.11. The molecule has 33 heavy (non-hydrogen) atoms. The molecule has 0 saturated carbocycles. The minimum absolute atomic E-state index is 0.0570. The summed E-state index contributed by atoms with van der Waals surface area (Å²) in [6.45, 7) is -0.957. The van der Waals surface area contributed by atoms with Crippen molar-refractivity contribution in [3.05, 3.63) is 82.9 Å². The largest absolute Gasteiger partial charge is 0.484 e. The van der Waals surface area contributed by atoms with Crippen LogP contribution >= 0.6 is 0 Å². The number of hydrogen-bond donors (Lipinski definition) is 0. The SMILES string of the molecule is Cc1cc(OCc2nc3ccc(C#N)cc3n2Cc2ccccc2OC(F)F)cnc1C#N. The first-order valence-electron chi connectivity index (χ1n) is 9.90. The number of pyridine rings is 1. The number of nitriles is 2. The second kappa shape index (κ2) is 9.33. The highest BCUT2D eigenvalue weighted by molar-refractivity contribution is 5.78. The molecule has 2 heterocycles. The van der Waals surface area contributed by atoms with Gasteiger partial charge in [0.2, 0.25) is 0 Å². The molecule has 0 radical (unpaired) electrons. The lowest BCUT2D eigenvalue weighted by Gasteiger charge is -2.14. The van der Waals surface area contributed by atoms with E-state index in [1.165, 1.54) is 12.3 Å². The monoisotopic (exact) mass is 445 g/mol. The minimum Gasteiger partial charge on any atom is -0.484 e. The van der Waals surface area contributed by atoms with E-state index >= 15 is 0 Å². The Hall–Kier alpha value is -4.50. The van der Waals surface area contributed by atoms with Gasteiger partial charge in [0.05, 0.1) is 35.4 Å². The van der Waals surface area contributed by atoms with E-state index in [2.05, 4.69) is 20.8 Å². The van der Waals surface area contributed by atoms with Crippen molar-refractivity contribution in [1.82, 2.24) is 14.5 Å². The number of benzene rings is 2. The first-order chi connectivity index (χ1) is 16.0. The van der Waals surface area contributed by atoms with Crippen molar-refractivity contribution in [1.29, 1.82) is 10.5 Å². The maximum Gasteiger partial charge on any atom is 0.387 e. The number of imidazole rings is 1. The lowest BCUT2D eigenvalue weighted by molar-refractivity contribution is -0.0504. The summed E-state index contributed by atoms with van der Waals surface area (Å²) in [5.41, 5.74) is 3.26. The van der Waals surface area contributed by atoms with Crippen molar-refractivity contribution >= 4 is 11.0 Å². The van der Waals surface area contributed by atoms with Gasteiger partial charge in [0, 0.05) is 5.56 Å². The highest BCUT2D eigenvalue weighted by Gasteiger charge is 2.16. The third-order valence-corrected chi connectivity index (χ3v) is 5.00. The molecule has 4 rings (SSSR count). The van der Waals surface area contributed by atoms with Gasteiger partial charge in [-0.15, -0.1) is 0 Å². The van der Waals surface area contributed by atoms with Crippen LogP contribution in [0.1, 0.15) is 28.2 Å². The Morgan fingerprint density at radius 1 is 1.09 bits per heavy atom. The molecule has 0 amide bonds. The van der Waals surface area contributed by atoms with Crippen LogP contribution in [0.4, 0.5) is 8.78 Å². The zero-order valence-electron chi connectivity index (χ0n) is 17.5. The standard InChI is InChI=1S/C24H17F2N5O2/c1-15-8-18(12-29-20(15)11-28)32-14-23-30-19-7-6-16(10-27)9-21(19)31(23)13-17-4-2-3-5-22(17)33-24(25)26/h2-9,12,24H,13-14H2,1H3. The molecule has 0 fully saturated rings. The molecule has 0 spiro atoms. The summed E-state index contributed by atoms with van der Waals surface area (Å²) in [4.78, 5) is 8.68. The van der Waals surface area contributed by atoms with Crippen molar-refractivity contribution in [2.45, 2.75) is 26.7 Å². The molecule has 4 aromatic rings. The molecule has 0 aliphatic carbocycles. The molecular weight excluding hydrogens is 428 g/mol. The van der Waals surface area contributed by atoms with Gasteiger partial charge in [0.15, 0.2) is 0 Å². The van der Waals surface area contributed by atoms with Gasteiger partial charge in [-0.05, 0) is 42.8 Å². The topological polar surface area (TPSA) is 96.8 Å². The third kappa shape index (κ3) is 4.73. The fourth-order valence-corrected chi connectivity index (χ4v) is 3.44. The number of fused-ring (bicyclic) bond motifs is 1. The highest BCUT2D eigenvalue weighted by atomic mass is 19.3. The van der Waals surface area contributed by atoms with Crippen LogP contribution in [0.2, 0.25) is 0 Å². The van der Waals surface area contributed by atoms with E-state index < -0.39 is 6.61 Å². The van der Waals surface area contributed by atoms with Crippen molar-refractivity contribution < 1.29 is 18.3 Å². The molecule has 0 aliphatic rings. The number of rotatable bonds is 7. The number of aryl methyl sites for hydroxylation is 1. The number of alkyl halides is 2. The van der Waals surface area contributed by atoms with E-state index in [1.54, 1.807) is 54.0 Å². The molecule has 9 heteroatoms. The summed E-state index contributed by atoms with van der Waals surface area (Å²) in [7, 11) is 0. The quantitative estimate of drug-likeness (QED) is 0.409. The van der Waals surface area contributed by atoms with Gasteiger partial charge in [-0.1, -0.05) is 18.2 Å². The normalized spacial score (nSPS) is 10.7. The van der Waals surface area contributed by atoms with Crippen LogP contribution in [0.3, 0.4) is 0 Å². The van der Waals surface area contributed by atoms with E-state index in [0.29, 0.717) is 45.0 Å². The van der Waals surface area contributed by atoms with Crippen molar-refractivity contribution in [2.75, 3.05) is 0 Å². The van der Waals surface area contributed by atoms with Crippen molar-refractivity contribution in [3.8, 4) is 23.6 Å². The second-order valence-electron chi connectivity index (χ2n) is 7.15. The predicted molar refractivity (Wildman–Crippen MR) is 115 cm³/mol. The van der Waals surface area contributed by atoms with Crippen LogP contribution in [0.25, 0.3) is 11.0 Å². The van der Waals surface area contributed by atoms with Gasteiger partial charge in [-0.25, -0.2) is 9.97 Å². The predicted octanol–water partition coefficient (Wildman–Crippen LogP) is 4.71. The number of ether oxygens (including phenoxy) is 2. The van der Waals surface area contributed by atoms with E-state index in [-0.39, 0.29) is 18.9 Å². The molecule has 0 aliphatic heterocycles. The van der Waals surface area contributed by atoms with Gasteiger partial charge >= 0.3 is 6.61 Å². The zero-order valence-corrected chi connectivity index (χ0v) is 17.5. The van der Waals surface area contributed by atoms with Crippen molar-refractivity contribution in [2.24, 2.45) is 0 Å². The van der Waals surface area contributed by atoms with Crippen LogP contribution in [-0.2, 0) is 13.2 Å². The highest BCUT2D eigenvalue weighted by Crippen LogP contribution is 2.26. The minimum atomic E-state index is -2.95. The van der Waals surface area contributed by atoms with Crippen LogP contribution < -0.4 is 9.47 Å². The van der Waals surface area contributed by atoms with Gasteiger partial charge in [0.1, 0.15) is 35.7 Å². The second-order valence-corrected chi connectivity index (χ2v) is 7.15. The average Bonchev–Trinajstić information content (AvgIpc) is 3.15. The first-order valence-corrected chi connectivity index (χ1v) is 9.90. The molecule has 0 N–H and O–H groups in total. The average molecular weight is 445 g/mol. The van der Waals surface area contributed by atoms with E-state index in [9.17, 15) is 14.0 Å². The van der Waals surface area contributed by atoms with Crippen LogP contribution in [0.5, 0.6) is 11.5 Å². The van der Waals surface area contributed by atoms with Gasteiger partial charge in [0.25, 0.3) is 0 Å². The molecule has 2 aromatic heterocycles. The number of para-hydroxylation sites is 1. The molecule has 2 aromatic carbocycles.